The van der Waals surface area contributed by atoms with Crippen molar-refractivity contribution in [1.82, 2.24) is 9.78 Å². The number of nitrogen functional groups attached to an aromatic ring is 1. The van der Waals surface area contributed by atoms with Gasteiger partial charge in [-0.3, -0.25) is 4.68 Å². The van der Waals surface area contributed by atoms with E-state index in [-0.39, 0.29) is 5.41 Å². The van der Waals surface area contributed by atoms with E-state index in [1.807, 2.05) is 17.7 Å². The summed E-state index contributed by atoms with van der Waals surface area (Å²) in [4.78, 5) is 0. The summed E-state index contributed by atoms with van der Waals surface area (Å²) in [6, 6.07) is 4.16. The highest BCUT2D eigenvalue weighted by Gasteiger charge is 2.43. The van der Waals surface area contributed by atoms with Gasteiger partial charge in [-0.2, -0.15) is 10.4 Å². The molecule has 1 aromatic rings. The molecule has 1 heterocycles. The highest BCUT2D eigenvalue weighted by atomic mass is 15.3. The van der Waals surface area contributed by atoms with Gasteiger partial charge < -0.3 is 5.73 Å². The van der Waals surface area contributed by atoms with E-state index < -0.39 is 0 Å². The first-order valence-electron chi connectivity index (χ1n) is 4.36. The Morgan fingerprint density at radius 3 is 2.85 bits per heavy atom. The van der Waals surface area contributed by atoms with E-state index in [9.17, 15) is 0 Å². The fourth-order valence-electron chi connectivity index (χ4n) is 1.44. The molecule has 0 spiro atoms. The van der Waals surface area contributed by atoms with Gasteiger partial charge in [0.05, 0.1) is 18.0 Å². The number of nitrogens with zero attached hydrogens (tertiary/aromatic N) is 3. The Bertz CT molecular complexity index is 367. The van der Waals surface area contributed by atoms with Gasteiger partial charge in [0.15, 0.2) is 0 Å². The molecule has 1 aliphatic rings. The maximum Gasteiger partial charge on any atom is 0.145 e. The third-order valence-corrected chi connectivity index (χ3v) is 2.54. The minimum Gasteiger partial charge on any atom is -0.382 e. The molecule has 0 aromatic carbocycles. The lowest BCUT2D eigenvalue weighted by molar-refractivity contribution is 0.478. The second-order valence-electron chi connectivity index (χ2n) is 3.76. The molecule has 2 rings (SSSR count). The number of aryl methyl sites for hydroxylation is 1. The van der Waals surface area contributed by atoms with Gasteiger partial charge in [0.2, 0.25) is 0 Å². The predicted molar refractivity (Wildman–Crippen MR) is 48.7 cm³/mol. The number of anilines is 1. The Morgan fingerprint density at radius 1 is 1.77 bits per heavy atom. The zero-order chi connectivity index (χ0) is 9.47. The van der Waals surface area contributed by atoms with Gasteiger partial charge >= 0.3 is 0 Å². The Morgan fingerprint density at radius 2 is 2.46 bits per heavy atom. The van der Waals surface area contributed by atoms with Gasteiger partial charge in [-0.05, 0) is 19.8 Å². The monoisotopic (exact) mass is 176 g/mol. The van der Waals surface area contributed by atoms with Crippen LogP contribution >= 0.6 is 0 Å². The van der Waals surface area contributed by atoms with Gasteiger partial charge in [0.25, 0.3) is 0 Å². The molecule has 0 bridgehead atoms. The van der Waals surface area contributed by atoms with E-state index in [1.165, 1.54) is 0 Å². The molecule has 0 saturated heterocycles. The topological polar surface area (TPSA) is 67.6 Å². The Labute approximate surface area is 77.0 Å². The summed E-state index contributed by atoms with van der Waals surface area (Å²) in [5.41, 5.74) is 6.42. The lowest BCUT2D eigenvalue weighted by Crippen LogP contribution is -2.12. The molecule has 0 radical (unpaired) electrons. The van der Waals surface area contributed by atoms with Crippen molar-refractivity contribution in [2.24, 2.45) is 5.41 Å². The second-order valence-corrected chi connectivity index (χ2v) is 3.76. The number of hydrogen-bond acceptors (Lipinski definition) is 3. The highest BCUT2D eigenvalue weighted by Crippen LogP contribution is 2.46. The van der Waals surface area contributed by atoms with E-state index in [4.69, 9.17) is 11.0 Å². The lowest BCUT2D eigenvalue weighted by Gasteiger charge is -2.06. The second kappa shape index (κ2) is 2.49. The fourth-order valence-corrected chi connectivity index (χ4v) is 1.44. The maximum absolute atomic E-state index is 8.89. The predicted octanol–water partition coefficient (Wildman–Crippen LogP) is 1.08. The van der Waals surface area contributed by atoms with E-state index in [2.05, 4.69) is 11.2 Å². The molecule has 0 unspecified atom stereocenters. The van der Waals surface area contributed by atoms with Crippen molar-refractivity contribution in [2.45, 2.75) is 26.3 Å². The molecular formula is C9H12N4. The number of rotatable bonds is 2. The molecule has 1 aromatic heterocycles. The summed E-state index contributed by atoms with van der Waals surface area (Å²) in [5.74, 6) is 0.534. The van der Waals surface area contributed by atoms with Crippen LogP contribution in [0.25, 0.3) is 0 Å². The standard InChI is InChI=1S/C9H12N4/c1-7-4-8(11)12-13(7)6-9(5-10)2-3-9/h4H,2-3,6H2,1H3,(H2,11,12). The minimum absolute atomic E-state index is 0.150. The SMILES string of the molecule is Cc1cc(N)nn1CC1(C#N)CC1. The van der Waals surface area contributed by atoms with E-state index >= 15 is 0 Å². The van der Waals surface area contributed by atoms with Gasteiger partial charge in [0.1, 0.15) is 5.82 Å². The molecule has 4 nitrogen and oxygen atoms in total. The van der Waals surface area contributed by atoms with Crippen LogP contribution in [0.2, 0.25) is 0 Å². The van der Waals surface area contributed by atoms with Crippen molar-refractivity contribution in [3.8, 4) is 6.07 Å². The maximum atomic E-state index is 8.89. The molecule has 1 aliphatic carbocycles. The van der Waals surface area contributed by atoms with Crippen LogP contribution < -0.4 is 5.73 Å². The number of hydrogen-bond donors (Lipinski definition) is 1. The van der Waals surface area contributed by atoms with Gasteiger partial charge in [-0.1, -0.05) is 0 Å². The molecule has 13 heavy (non-hydrogen) atoms. The van der Waals surface area contributed by atoms with Crippen LogP contribution in [0, 0.1) is 23.7 Å². The fraction of sp³-hybridized carbons (Fsp3) is 0.556. The van der Waals surface area contributed by atoms with Crippen LogP contribution in [0.4, 0.5) is 5.82 Å². The van der Waals surface area contributed by atoms with Crippen LogP contribution in [0.15, 0.2) is 6.07 Å². The molecule has 4 heteroatoms. The molecule has 1 fully saturated rings. The van der Waals surface area contributed by atoms with Crippen LogP contribution in [-0.2, 0) is 6.54 Å². The highest BCUT2D eigenvalue weighted by molar-refractivity contribution is 5.29. The van der Waals surface area contributed by atoms with Crippen LogP contribution in [0.1, 0.15) is 18.5 Å². The van der Waals surface area contributed by atoms with Crippen molar-refractivity contribution in [3.63, 3.8) is 0 Å². The molecule has 2 N–H and O–H groups in total. The first-order valence-corrected chi connectivity index (χ1v) is 4.36. The number of aromatic nitrogens is 2. The molecule has 0 amide bonds. The molecular weight excluding hydrogens is 164 g/mol. The van der Waals surface area contributed by atoms with Crippen molar-refractivity contribution >= 4 is 5.82 Å². The zero-order valence-corrected chi connectivity index (χ0v) is 7.62. The normalized spacial score (nSPS) is 18.2. The van der Waals surface area contributed by atoms with Crippen molar-refractivity contribution in [3.05, 3.63) is 11.8 Å². The Hall–Kier alpha value is -1.50. The molecule has 0 atom stereocenters. The zero-order valence-electron chi connectivity index (χ0n) is 7.62. The minimum atomic E-state index is -0.150. The van der Waals surface area contributed by atoms with E-state index in [0.29, 0.717) is 12.4 Å². The van der Waals surface area contributed by atoms with Gasteiger partial charge in [-0.15, -0.1) is 0 Å². The first kappa shape index (κ1) is 8.11. The molecule has 68 valence electrons. The third-order valence-electron chi connectivity index (χ3n) is 2.54. The van der Waals surface area contributed by atoms with Crippen molar-refractivity contribution < 1.29 is 0 Å². The average Bonchev–Trinajstić information content (AvgIpc) is 2.77. The number of nitriles is 1. The van der Waals surface area contributed by atoms with Crippen molar-refractivity contribution in [2.75, 3.05) is 5.73 Å². The van der Waals surface area contributed by atoms with Gasteiger partial charge in [-0.25, -0.2) is 0 Å². The Balaban J connectivity index is 2.19. The smallest absolute Gasteiger partial charge is 0.145 e. The first-order chi connectivity index (χ1) is 6.15. The van der Waals surface area contributed by atoms with Crippen molar-refractivity contribution in [1.29, 1.82) is 5.26 Å². The summed E-state index contributed by atoms with van der Waals surface area (Å²) in [7, 11) is 0. The lowest BCUT2D eigenvalue weighted by atomic mass is 10.1. The van der Waals surface area contributed by atoms with E-state index in [1.54, 1.807) is 0 Å². The quantitative estimate of drug-likeness (QED) is 0.733. The molecule has 0 aliphatic heterocycles. The summed E-state index contributed by atoms with van der Waals surface area (Å²) in [6.45, 7) is 2.64. The summed E-state index contributed by atoms with van der Waals surface area (Å²) in [6.07, 6.45) is 1.98. The average molecular weight is 176 g/mol. The van der Waals surface area contributed by atoms with Crippen LogP contribution in [-0.4, -0.2) is 9.78 Å². The van der Waals surface area contributed by atoms with Crippen LogP contribution in [0.3, 0.4) is 0 Å². The molecule has 1 saturated carbocycles. The summed E-state index contributed by atoms with van der Waals surface area (Å²) >= 11 is 0. The number of nitrogens with two attached hydrogens (primary N) is 1. The largest absolute Gasteiger partial charge is 0.382 e. The van der Waals surface area contributed by atoms with Gasteiger partial charge in [0, 0.05) is 11.8 Å². The third kappa shape index (κ3) is 1.37. The van der Waals surface area contributed by atoms with Crippen LogP contribution in [0.5, 0.6) is 0 Å². The van der Waals surface area contributed by atoms with E-state index in [0.717, 1.165) is 18.5 Å². The summed E-state index contributed by atoms with van der Waals surface area (Å²) < 4.78 is 1.82. The summed E-state index contributed by atoms with van der Waals surface area (Å²) in [5, 5.41) is 13.0. The Kier molecular flexibility index (Phi) is 1.56.